The van der Waals surface area contributed by atoms with Crippen LogP contribution in [0, 0.1) is 4.77 Å². The second kappa shape index (κ2) is 5.27. The summed E-state index contributed by atoms with van der Waals surface area (Å²) in [4.78, 5) is 5.77. The second-order valence-corrected chi connectivity index (χ2v) is 5.93. The lowest BCUT2D eigenvalue weighted by Crippen LogP contribution is -2.29. The molecule has 1 aliphatic carbocycles. The van der Waals surface area contributed by atoms with Crippen LogP contribution >= 0.6 is 23.8 Å². The van der Waals surface area contributed by atoms with Crippen molar-refractivity contribution in [2.45, 2.75) is 32.4 Å². The van der Waals surface area contributed by atoms with Gasteiger partial charge in [0.25, 0.3) is 0 Å². The van der Waals surface area contributed by atoms with Gasteiger partial charge in [-0.3, -0.25) is 4.90 Å². The first-order valence-electron chi connectivity index (χ1n) is 6.81. The van der Waals surface area contributed by atoms with Crippen LogP contribution in [0.3, 0.4) is 0 Å². The van der Waals surface area contributed by atoms with Gasteiger partial charge in [0.15, 0.2) is 4.77 Å². The van der Waals surface area contributed by atoms with E-state index in [2.05, 4.69) is 21.4 Å². The molecule has 5 heteroatoms. The summed E-state index contributed by atoms with van der Waals surface area (Å²) in [5, 5.41) is 0.740. The molecule has 1 N–H and O–H groups in total. The van der Waals surface area contributed by atoms with Crippen LogP contribution in [0.15, 0.2) is 18.2 Å². The third-order valence-electron chi connectivity index (χ3n) is 3.82. The molecule has 1 fully saturated rings. The zero-order valence-electron chi connectivity index (χ0n) is 11.0. The predicted molar refractivity (Wildman–Crippen MR) is 82.4 cm³/mol. The van der Waals surface area contributed by atoms with E-state index in [0.717, 1.165) is 46.5 Å². The van der Waals surface area contributed by atoms with Crippen molar-refractivity contribution < 1.29 is 0 Å². The summed E-state index contributed by atoms with van der Waals surface area (Å²) in [6.45, 7) is 5.34. The number of hydrogen-bond donors (Lipinski definition) is 1. The van der Waals surface area contributed by atoms with Crippen molar-refractivity contribution >= 4 is 34.9 Å². The lowest BCUT2D eigenvalue weighted by atomic mass is 10.3. The fourth-order valence-electron chi connectivity index (χ4n) is 2.62. The number of halogens is 1. The van der Waals surface area contributed by atoms with E-state index < -0.39 is 0 Å². The van der Waals surface area contributed by atoms with Crippen molar-refractivity contribution in [2.75, 3.05) is 13.1 Å². The number of rotatable bonds is 5. The molecule has 0 bridgehead atoms. The molecular weight excluding hydrogens is 278 g/mol. The Morgan fingerprint density at radius 2 is 2.26 bits per heavy atom. The van der Waals surface area contributed by atoms with Crippen LogP contribution in [0.25, 0.3) is 11.0 Å². The summed E-state index contributed by atoms with van der Waals surface area (Å²) in [6, 6.07) is 6.69. The molecule has 19 heavy (non-hydrogen) atoms. The highest BCUT2D eigenvalue weighted by molar-refractivity contribution is 7.71. The quantitative estimate of drug-likeness (QED) is 0.848. The van der Waals surface area contributed by atoms with Gasteiger partial charge < -0.3 is 9.55 Å². The van der Waals surface area contributed by atoms with Gasteiger partial charge in [-0.2, -0.15) is 0 Å². The zero-order chi connectivity index (χ0) is 13.4. The number of imidazole rings is 1. The largest absolute Gasteiger partial charge is 0.331 e. The second-order valence-electron chi connectivity index (χ2n) is 5.10. The molecule has 0 spiro atoms. The molecule has 3 rings (SSSR count). The number of hydrogen-bond acceptors (Lipinski definition) is 2. The average molecular weight is 296 g/mol. The minimum atomic E-state index is 0.740. The van der Waals surface area contributed by atoms with E-state index in [1.807, 2.05) is 18.2 Å². The van der Waals surface area contributed by atoms with Gasteiger partial charge in [-0.05, 0) is 49.8 Å². The van der Waals surface area contributed by atoms with Crippen LogP contribution in [0.1, 0.15) is 19.8 Å². The molecule has 0 radical (unpaired) electrons. The molecule has 2 aromatic rings. The van der Waals surface area contributed by atoms with Crippen molar-refractivity contribution in [2.24, 2.45) is 0 Å². The lowest BCUT2D eigenvalue weighted by molar-refractivity contribution is 0.267. The van der Waals surface area contributed by atoms with E-state index in [-0.39, 0.29) is 0 Å². The first-order valence-corrected chi connectivity index (χ1v) is 7.60. The van der Waals surface area contributed by atoms with Crippen LogP contribution in [0.4, 0.5) is 0 Å². The zero-order valence-corrected chi connectivity index (χ0v) is 12.6. The number of aromatic amines is 1. The summed E-state index contributed by atoms with van der Waals surface area (Å²) in [5.41, 5.74) is 2.16. The Morgan fingerprint density at radius 3 is 2.95 bits per heavy atom. The van der Waals surface area contributed by atoms with Crippen LogP contribution in [-0.4, -0.2) is 33.6 Å². The molecule has 102 valence electrons. The fraction of sp³-hybridized carbons (Fsp3) is 0.500. The van der Waals surface area contributed by atoms with Crippen molar-refractivity contribution in [1.82, 2.24) is 14.5 Å². The Hall–Kier alpha value is -0.840. The molecule has 1 aliphatic rings. The SMILES string of the molecule is CCN(CCn1c(=S)[nH]c2cc(Cl)ccc21)C1CC1. The highest BCUT2D eigenvalue weighted by Crippen LogP contribution is 2.26. The molecule has 1 aromatic carbocycles. The molecule has 0 amide bonds. The van der Waals surface area contributed by atoms with Crippen LogP contribution < -0.4 is 0 Å². The first-order chi connectivity index (χ1) is 9.19. The summed E-state index contributed by atoms with van der Waals surface area (Å²) >= 11 is 11.4. The Balaban J connectivity index is 1.83. The summed E-state index contributed by atoms with van der Waals surface area (Å²) in [6.07, 6.45) is 2.70. The van der Waals surface area contributed by atoms with E-state index in [0.29, 0.717) is 0 Å². The van der Waals surface area contributed by atoms with Gasteiger partial charge in [-0.25, -0.2) is 0 Å². The van der Waals surface area contributed by atoms with Crippen LogP contribution in [0.5, 0.6) is 0 Å². The number of H-pyrrole nitrogens is 1. The third-order valence-corrected chi connectivity index (χ3v) is 4.37. The Morgan fingerprint density at radius 1 is 1.47 bits per heavy atom. The van der Waals surface area contributed by atoms with Gasteiger partial charge in [0.1, 0.15) is 0 Å². The van der Waals surface area contributed by atoms with Crippen molar-refractivity contribution in [3.8, 4) is 0 Å². The maximum absolute atomic E-state index is 6.01. The minimum absolute atomic E-state index is 0.740. The van der Waals surface area contributed by atoms with E-state index in [1.165, 1.54) is 12.8 Å². The van der Waals surface area contributed by atoms with Gasteiger partial charge in [0, 0.05) is 24.2 Å². The molecule has 3 nitrogen and oxygen atoms in total. The van der Waals surface area contributed by atoms with E-state index in [4.69, 9.17) is 23.8 Å². The van der Waals surface area contributed by atoms with Crippen molar-refractivity contribution in [3.63, 3.8) is 0 Å². The summed E-state index contributed by atoms with van der Waals surface area (Å²) in [7, 11) is 0. The maximum Gasteiger partial charge on any atom is 0.178 e. The van der Waals surface area contributed by atoms with Crippen molar-refractivity contribution in [3.05, 3.63) is 28.0 Å². The number of aromatic nitrogens is 2. The van der Waals surface area contributed by atoms with E-state index in [1.54, 1.807) is 0 Å². The number of nitrogens with one attached hydrogen (secondary N) is 1. The third kappa shape index (κ3) is 2.71. The summed E-state index contributed by atoms with van der Waals surface area (Å²) < 4.78 is 2.95. The Kier molecular flexibility index (Phi) is 3.65. The Bertz CT molecular complexity index is 642. The van der Waals surface area contributed by atoms with Gasteiger partial charge in [0.2, 0.25) is 0 Å². The molecule has 0 unspecified atom stereocenters. The standard InChI is InChI=1S/C14H18ClN3S/c1-2-17(11-4-5-11)7-8-18-13-6-3-10(15)9-12(13)16-14(18)19/h3,6,9,11H,2,4-5,7-8H2,1H3,(H,16,19). The topological polar surface area (TPSA) is 24.0 Å². The molecule has 1 saturated carbocycles. The lowest BCUT2D eigenvalue weighted by Gasteiger charge is -2.20. The molecule has 0 aliphatic heterocycles. The average Bonchev–Trinajstić information content (AvgIpc) is 3.16. The van der Waals surface area contributed by atoms with Crippen LogP contribution in [0.2, 0.25) is 5.02 Å². The molecular formula is C14H18ClN3S. The van der Waals surface area contributed by atoms with E-state index >= 15 is 0 Å². The van der Waals surface area contributed by atoms with Gasteiger partial charge in [-0.15, -0.1) is 0 Å². The number of nitrogens with zero attached hydrogens (tertiary/aromatic N) is 2. The molecule has 0 saturated heterocycles. The predicted octanol–water partition coefficient (Wildman–Crippen LogP) is 3.84. The van der Waals surface area contributed by atoms with E-state index in [9.17, 15) is 0 Å². The molecule has 1 heterocycles. The fourth-order valence-corrected chi connectivity index (χ4v) is 3.10. The first kappa shape index (κ1) is 13.2. The summed E-state index contributed by atoms with van der Waals surface area (Å²) in [5.74, 6) is 0. The van der Waals surface area contributed by atoms with Crippen molar-refractivity contribution in [1.29, 1.82) is 0 Å². The molecule has 0 atom stereocenters. The number of benzene rings is 1. The smallest absolute Gasteiger partial charge is 0.178 e. The van der Waals surface area contributed by atoms with Gasteiger partial charge in [0.05, 0.1) is 11.0 Å². The normalized spacial score (nSPS) is 15.5. The monoisotopic (exact) mass is 295 g/mol. The molecule has 1 aromatic heterocycles. The van der Waals surface area contributed by atoms with Gasteiger partial charge >= 0.3 is 0 Å². The minimum Gasteiger partial charge on any atom is -0.331 e. The number of fused-ring (bicyclic) bond motifs is 1. The van der Waals surface area contributed by atoms with Crippen LogP contribution in [-0.2, 0) is 6.54 Å². The van der Waals surface area contributed by atoms with Gasteiger partial charge in [-0.1, -0.05) is 18.5 Å². The Labute approximate surface area is 123 Å². The maximum atomic E-state index is 6.01. The number of likely N-dealkylation sites (N-methyl/N-ethyl adjacent to an activating group) is 1. The highest BCUT2D eigenvalue weighted by Gasteiger charge is 2.27. The highest BCUT2D eigenvalue weighted by atomic mass is 35.5.